The number of aliphatic hydroxyl groups excluding tert-OH is 2. The van der Waals surface area contributed by atoms with Crippen LogP contribution in [0.25, 0.3) is 0 Å². The Morgan fingerprint density at radius 2 is 1.55 bits per heavy atom. The normalized spacial score (nSPS) is 52.6. The zero-order chi connectivity index (χ0) is 21.5. The molecule has 6 fully saturated rings. The summed E-state index contributed by atoms with van der Waals surface area (Å²) in [5.74, 6) is 0.892. The van der Waals surface area contributed by atoms with E-state index in [1.165, 1.54) is 6.42 Å². The summed E-state index contributed by atoms with van der Waals surface area (Å²) in [7, 11) is 0. The van der Waals surface area contributed by atoms with E-state index < -0.39 is 5.79 Å². The SMILES string of the molecule is CC1([C@@H]2CCC3C4CC[C@H]5CC6(CC[C@]5(C)C4C(O)CC32CO)OCCO6)OCCO1. The molecule has 0 radical (unpaired) electrons. The Bertz CT molecular complexity index is 700. The van der Waals surface area contributed by atoms with Crippen molar-refractivity contribution < 1.29 is 29.2 Å². The van der Waals surface area contributed by atoms with Gasteiger partial charge in [-0.05, 0) is 74.5 Å². The Hall–Kier alpha value is -0.240. The van der Waals surface area contributed by atoms with Gasteiger partial charge in [-0.25, -0.2) is 0 Å². The molecule has 1 spiro atoms. The largest absolute Gasteiger partial charge is 0.396 e. The molecule has 6 rings (SSSR count). The third kappa shape index (κ3) is 2.85. The van der Waals surface area contributed by atoms with Crippen LogP contribution in [0.3, 0.4) is 0 Å². The van der Waals surface area contributed by atoms with Gasteiger partial charge < -0.3 is 29.2 Å². The van der Waals surface area contributed by atoms with E-state index >= 15 is 0 Å². The van der Waals surface area contributed by atoms with Gasteiger partial charge in [0.25, 0.3) is 0 Å². The van der Waals surface area contributed by atoms with E-state index in [4.69, 9.17) is 18.9 Å². The molecule has 6 nitrogen and oxygen atoms in total. The lowest BCUT2D eigenvalue weighted by Gasteiger charge is -2.63. The van der Waals surface area contributed by atoms with E-state index in [-0.39, 0.29) is 35.2 Å². The second kappa shape index (κ2) is 7.13. The lowest BCUT2D eigenvalue weighted by Crippen LogP contribution is -2.62. The molecular formula is C25H40O6. The zero-order valence-corrected chi connectivity index (χ0v) is 19.2. The summed E-state index contributed by atoms with van der Waals surface area (Å²) in [4.78, 5) is 0. The maximum atomic E-state index is 11.7. The van der Waals surface area contributed by atoms with E-state index in [1.807, 2.05) is 0 Å². The van der Waals surface area contributed by atoms with Crippen molar-refractivity contribution in [1.82, 2.24) is 0 Å². The fourth-order valence-corrected chi connectivity index (χ4v) is 9.68. The van der Waals surface area contributed by atoms with Crippen LogP contribution in [0.2, 0.25) is 0 Å². The maximum absolute atomic E-state index is 11.7. The number of aliphatic hydroxyl groups is 2. The van der Waals surface area contributed by atoms with Gasteiger partial charge in [0, 0.05) is 30.8 Å². The highest BCUT2D eigenvalue weighted by Gasteiger charge is 2.68. The Labute approximate surface area is 186 Å². The quantitative estimate of drug-likeness (QED) is 0.693. The van der Waals surface area contributed by atoms with Gasteiger partial charge in [-0.15, -0.1) is 0 Å². The minimum Gasteiger partial charge on any atom is -0.396 e. The van der Waals surface area contributed by atoms with Crippen LogP contribution in [0.4, 0.5) is 0 Å². The molecule has 8 atom stereocenters. The topological polar surface area (TPSA) is 77.4 Å². The van der Waals surface area contributed by atoms with Crippen molar-refractivity contribution in [2.75, 3.05) is 33.0 Å². The first-order valence-electron chi connectivity index (χ1n) is 12.7. The number of ether oxygens (including phenoxy) is 4. The van der Waals surface area contributed by atoms with Crippen LogP contribution in [-0.2, 0) is 18.9 Å². The first-order valence-corrected chi connectivity index (χ1v) is 12.7. The van der Waals surface area contributed by atoms with Crippen LogP contribution in [-0.4, -0.2) is 60.9 Å². The van der Waals surface area contributed by atoms with E-state index in [1.54, 1.807) is 0 Å². The van der Waals surface area contributed by atoms with E-state index in [0.29, 0.717) is 56.5 Å². The summed E-state index contributed by atoms with van der Waals surface area (Å²) < 4.78 is 24.3. The van der Waals surface area contributed by atoms with Crippen LogP contribution >= 0.6 is 0 Å². The van der Waals surface area contributed by atoms with Crippen molar-refractivity contribution in [3.05, 3.63) is 0 Å². The number of rotatable bonds is 2. The van der Waals surface area contributed by atoms with Gasteiger partial charge in [0.15, 0.2) is 11.6 Å². The standard InChI is InChI=1S/C25H40O6/c1-22-7-8-25(30-11-12-31-25)13-16(22)3-4-17-18-5-6-20(23(2)28-9-10-29-23)24(18,15-26)14-19(27)21(17)22/h16-21,26-27H,3-15H2,1-2H3/t16-,17?,18?,19?,20-,21?,22-,24?/m0/s1. The molecule has 2 saturated heterocycles. The molecule has 0 aromatic rings. The van der Waals surface area contributed by atoms with Gasteiger partial charge >= 0.3 is 0 Å². The average molecular weight is 437 g/mol. The molecule has 0 bridgehead atoms. The molecule has 176 valence electrons. The summed E-state index contributed by atoms with van der Waals surface area (Å²) in [6.45, 7) is 7.29. The van der Waals surface area contributed by atoms with Crippen LogP contribution in [0.15, 0.2) is 0 Å². The molecule has 5 unspecified atom stereocenters. The predicted octanol–water partition coefficient (Wildman–Crippen LogP) is 3.09. The molecule has 6 aliphatic rings. The predicted molar refractivity (Wildman–Crippen MR) is 113 cm³/mol. The van der Waals surface area contributed by atoms with Gasteiger partial charge in [-0.3, -0.25) is 0 Å². The van der Waals surface area contributed by atoms with Crippen molar-refractivity contribution in [3.8, 4) is 0 Å². The van der Waals surface area contributed by atoms with Crippen molar-refractivity contribution in [2.24, 2.45) is 40.4 Å². The molecule has 4 aliphatic carbocycles. The Morgan fingerprint density at radius 1 is 0.839 bits per heavy atom. The number of fused-ring (bicyclic) bond motifs is 5. The van der Waals surface area contributed by atoms with Crippen LogP contribution in [0.1, 0.15) is 65.2 Å². The van der Waals surface area contributed by atoms with Crippen LogP contribution in [0, 0.1) is 40.4 Å². The Balaban J connectivity index is 1.30. The minimum absolute atomic E-state index is 0.118. The van der Waals surface area contributed by atoms with Gasteiger partial charge in [0.1, 0.15) is 0 Å². The van der Waals surface area contributed by atoms with Crippen LogP contribution < -0.4 is 0 Å². The van der Waals surface area contributed by atoms with Gasteiger partial charge in [0.05, 0.1) is 32.5 Å². The summed E-state index contributed by atoms with van der Waals surface area (Å²) in [6, 6.07) is 0. The minimum atomic E-state index is -0.625. The summed E-state index contributed by atoms with van der Waals surface area (Å²) in [6.07, 6.45) is 7.69. The highest BCUT2D eigenvalue weighted by molar-refractivity contribution is 5.15. The molecule has 0 amide bonds. The van der Waals surface area contributed by atoms with E-state index in [9.17, 15) is 10.2 Å². The molecule has 6 heteroatoms. The maximum Gasteiger partial charge on any atom is 0.169 e. The lowest BCUT2D eigenvalue weighted by atomic mass is 9.43. The first-order chi connectivity index (χ1) is 14.9. The van der Waals surface area contributed by atoms with Crippen LogP contribution in [0.5, 0.6) is 0 Å². The van der Waals surface area contributed by atoms with Crippen molar-refractivity contribution in [2.45, 2.75) is 82.9 Å². The third-order valence-electron chi connectivity index (χ3n) is 10.9. The average Bonchev–Trinajstić information content (AvgIpc) is 3.48. The van der Waals surface area contributed by atoms with Gasteiger partial charge in [-0.1, -0.05) is 6.92 Å². The van der Waals surface area contributed by atoms with E-state index in [2.05, 4.69) is 13.8 Å². The summed E-state index contributed by atoms with van der Waals surface area (Å²) in [5.41, 5.74) is -0.177. The van der Waals surface area contributed by atoms with Crippen molar-refractivity contribution in [1.29, 1.82) is 0 Å². The number of hydrogen-bond donors (Lipinski definition) is 2. The Kier molecular flexibility index (Phi) is 4.90. The molecule has 4 saturated carbocycles. The molecular weight excluding hydrogens is 396 g/mol. The van der Waals surface area contributed by atoms with Crippen molar-refractivity contribution >= 4 is 0 Å². The van der Waals surface area contributed by atoms with Gasteiger partial charge in [0.2, 0.25) is 0 Å². The third-order valence-corrected chi connectivity index (χ3v) is 10.9. The summed E-state index contributed by atoms with van der Waals surface area (Å²) in [5, 5.41) is 22.5. The second-order valence-electron chi connectivity index (χ2n) is 11.9. The van der Waals surface area contributed by atoms with Gasteiger partial charge in [-0.2, -0.15) is 0 Å². The zero-order valence-electron chi connectivity index (χ0n) is 19.2. The summed E-state index contributed by atoms with van der Waals surface area (Å²) >= 11 is 0. The fraction of sp³-hybridized carbons (Fsp3) is 1.00. The number of hydrogen-bond acceptors (Lipinski definition) is 6. The highest BCUT2D eigenvalue weighted by Crippen LogP contribution is 2.69. The monoisotopic (exact) mass is 436 g/mol. The second-order valence-corrected chi connectivity index (χ2v) is 11.9. The molecule has 2 N–H and O–H groups in total. The Morgan fingerprint density at radius 3 is 2.26 bits per heavy atom. The molecule has 2 aliphatic heterocycles. The smallest absolute Gasteiger partial charge is 0.169 e. The molecule has 0 aromatic heterocycles. The lowest BCUT2D eigenvalue weighted by molar-refractivity contribution is -0.260. The van der Waals surface area contributed by atoms with Crippen molar-refractivity contribution in [3.63, 3.8) is 0 Å². The molecule has 0 aromatic carbocycles. The fourth-order valence-electron chi connectivity index (χ4n) is 9.68. The molecule has 2 heterocycles. The molecule has 31 heavy (non-hydrogen) atoms. The highest BCUT2D eigenvalue weighted by atomic mass is 16.7. The first kappa shape index (κ1) is 21.3. The van der Waals surface area contributed by atoms with E-state index in [0.717, 1.165) is 38.5 Å².